The lowest BCUT2D eigenvalue weighted by atomic mass is 10.1. The quantitative estimate of drug-likeness (QED) is 0.621. The van der Waals surface area contributed by atoms with Crippen molar-refractivity contribution >= 4 is 27.5 Å². The first kappa shape index (κ1) is 19.5. The Hall–Kier alpha value is -2.84. The van der Waals surface area contributed by atoms with Gasteiger partial charge in [0.1, 0.15) is 6.10 Å². The molecule has 2 aromatic carbocycles. The lowest BCUT2D eigenvalue weighted by Crippen LogP contribution is -2.22. The highest BCUT2D eigenvalue weighted by Gasteiger charge is 2.24. The lowest BCUT2D eigenvalue weighted by molar-refractivity contribution is -0.00119. The van der Waals surface area contributed by atoms with E-state index in [4.69, 9.17) is 14.2 Å². The fourth-order valence-corrected chi connectivity index (χ4v) is 3.49. The first-order valence-electron chi connectivity index (χ1n) is 9.04. The molecule has 150 valence electrons. The van der Waals surface area contributed by atoms with Crippen molar-refractivity contribution in [3.63, 3.8) is 0 Å². The average Bonchev–Trinajstić information content (AvgIpc) is 3.17. The molecule has 0 saturated heterocycles. The van der Waals surface area contributed by atoms with E-state index >= 15 is 0 Å². The van der Waals surface area contributed by atoms with Gasteiger partial charge in [-0.15, -0.1) is 0 Å². The molecule has 1 amide bonds. The largest absolute Gasteiger partial charge is 0.493 e. The predicted molar refractivity (Wildman–Crippen MR) is 111 cm³/mol. The van der Waals surface area contributed by atoms with Crippen LogP contribution in [0.1, 0.15) is 27.8 Å². The number of ether oxygens (including phenoxy) is 3. The third kappa shape index (κ3) is 4.13. The van der Waals surface area contributed by atoms with Crippen LogP contribution in [0.5, 0.6) is 11.5 Å². The summed E-state index contributed by atoms with van der Waals surface area (Å²) in [5.74, 6) is 0.846. The van der Waals surface area contributed by atoms with Crippen molar-refractivity contribution in [2.24, 2.45) is 0 Å². The number of carbonyl (C=O) groups excluding carboxylic acids is 1. The molecule has 1 atom stereocenters. The Morgan fingerprint density at radius 1 is 1.14 bits per heavy atom. The van der Waals surface area contributed by atoms with Crippen LogP contribution in [-0.2, 0) is 17.9 Å². The van der Waals surface area contributed by atoms with Gasteiger partial charge in [-0.25, -0.2) is 0 Å². The molecule has 0 unspecified atom stereocenters. The van der Waals surface area contributed by atoms with Gasteiger partial charge in [0.25, 0.3) is 5.91 Å². The number of hydrogen-bond acceptors (Lipinski definition) is 5. The summed E-state index contributed by atoms with van der Waals surface area (Å²) in [6, 6.07) is 15.0. The highest BCUT2D eigenvalue weighted by atomic mass is 79.9. The summed E-state index contributed by atoms with van der Waals surface area (Å²) in [6.45, 7) is 0.956. The van der Waals surface area contributed by atoms with Gasteiger partial charge < -0.3 is 19.5 Å². The van der Waals surface area contributed by atoms with Crippen LogP contribution in [0.4, 0.5) is 5.69 Å². The number of halogens is 1. The first-order valence-corrected chi connectivity index (χ1v) is 9.84. The highest BCUT2D eigenvalue weighted by Crippen LogP contribution is 2.30. The molecule has 1 aliphatic heterocycles. The summed E-state index contributed by atoms with van der Waals surface area (Å²) >= 11 is 3.44. The van der Waals surface area contributed by atoms with Gasteiger partial charge in [-0.05, 0) is 35.9 Å². The molecule has 0 aliphatic carbocycles. The van der Waals surface area contributed by atoms with Crippen molar-refractivity contribution < 1.29 is 19.0 Å². The number of carbonyl (C=O) groups is 1. The zero-order chi connectivity index (χ0) is 20.4. The molecule has 0 spiro atoms. The average molecular weight is 458 g/mol. The fourth-order valence-electron chi connectivity index (χ4n) is 3.22. The molecule has 0 saturated carbocycles. The number of nitrogens with one attached hydrogen (secondary N) is 1. The Labute approximate surface area is 176 Å². The normalized spacial score (nSPS) is 15.5. The van der Waals surface area contributed by atoms with Crippen LogP contribution in [0, 0.1) is 0 Å². The summed E-state index contributed by atoms with van der Waals surface area (Å²) in [4.78, 5) is 12.7. The molecule has 1 N–H and O–H groups in total. The molecule has 0 radical (unpaired) electrons. The maximum absolute atomic E-state index is 12.7. The molecule has 1 aliphatic rings. The number of aromatic nitrogens is 2. The summed E-state index contributed by atoms with van der Waals surface area (Å²) in [6.07, 6.45) is -0.0998. The van der Waals surface area contributed by atoms with E-state index in [0.717, 1.165) is 15.7 Å². The molecule has 3 aromatic rings. The smallest absolute Gasteiger partial charge is 0.276 e. The van der Waals surface area contributed by atoms with Gasteiger partial charge in [-0.2, -0.15) is 5.10 Å². The van der Waals surface area contributed by atoms with Crippen LogP contribution >= 0.6 is 15.9 Å². The molecular weight excluding hydrogens is 438 g/mol. The SMILES string of the molecule is COc1ccc(NC(=O)c2cc3n(n2)C[C@@H](c2ccc(Br)cc2)OC3)cc1OC. The Balaban J connectivity index is 1.48. The maximum atomic E-state index is 12.7. The van der Waals surface area contributed by atoms with E-state index < -0.39 is 0 Å². The third-order valence-electron chi connectivity index (χ3n) is 4.75. The number of rotatable bonds is 5. The van der Waals surface area contributed by atoms with Crippen molar-refractivity contribution in [1.29, 1.82) is 0 Å². The van der Waals surface area contributed by atoms with Gasteiger partial charge in [0.05, 0.1) is 33.1 Å². The Morgan fingerprint density at radius 2 is 1.90 bits per heavy atom. The summed E-state index contributed by atoms with van der Waals surface area (Å²) in [5, 5.41) is 7.32. The second kappa shape index (κ2) is 8.26. The summed E-state index contributed by atoms with van der Waals surface area (Å²) in [5.41, 5.74) is 2.89. The Morgan fingerprint density at radius 3 is 2.62 bits per heavy atom. The van der Waals surface area contributed by atoms with E-state index in [1.54, 1.807) is 38.5 Å². The van der Waals surface area contributed by atoms with Crippen LogP contribution in [0.25, 0.3) is 0 Å². The van der Waals surface area contributed by atoms with Gasteiger partial charge in [0.15, 0.2) is 17.2 Å². The maximum Gasteiger partial charge on any atom is 0.276 e. The Bertz CT molecular complexity index is 1030. The molecule has 8 heteroatoms. The van der Waals surface area contributed by atoms with Gasteiger partial charge in [0, 0.05) is 16.2 Å². The van der Waals surface area contributed by atoms with Gasteiger partial charge >= 0.3 is 0 Å². The second-order valence-corrected chi connectivity index (χ2v) is 7.49. The number of amides is 1. The van der Waals surface area contributed by atoms with E-state index in [9.17, 15) is 4.79 Å². The molecule has 0 bridgehead atoms. The van der Waals surface area contributed by atoms with Gasteiger partial charge in [-0.3, -0.25) is 9.48 Å². The number of benzene rings is 2. The van der Waals surface area contributed by atoms with E-state index in [2.05, 4.69) is 26.3 Å². The molecule has 0 fully saturated rings. The standard InChI is InChI=1S/C21H20BrN3O4/c1-27-18-8-7-15(9-19(18)28-2)23-21(26)17-10-16-12-29-20(11-25(16)24-17)13-3-5-14(22)6-4-13/h3-10,20H,11-12H2,1-2H3,(H,23,26)/t20-/m0/s1. The van der Waals surface area contributed by atoms with Crippen LogP contribution < -0.4 is 14.8 Å². The lowest BCUT2D eigenvalue weighted by Gasteiger charge is -2.24. The monoisotopic (exact) mass is 457 g/mol. The zero-order valence-electron chi connectivity index (χ0n) is 16.0. The molecule has 2 heterocycles. The number of hydrogen-bond donors (Lipinski definition) is 1. The van der Waals surface area contributed by atoms with Crippen LogP contribution in [0.2, 0.25) is 0 Å². The van der Waals surface area contributed by atoms with Crippen molar-refractivity contribution in [2.45, 2.75) is 19.3 Å². The van der Waals surface area contributed by atoms with E-state index in [1.807, 2.05) is 28.9 Å². The summed E-state index contributed by atoms with van der Waals surface area (Å²) < 4.78 is 19.3. The number of methoxy groups -OCH3 is 2. The first-order chi connectivity index (χ1) is 14.1. The molecule has 1 aromatic heterocycles. The van der Waals surface area contributed by atoms with Crippen molar-refractivity contribution in [2.75, 3.05) is 19.5 Å². The minimum absolute atomic E-state index is 0.0998. The number of nitrogens with zero attached hydrogens (tertiary/aromatic N) is 2. The second-order valence-electron chi connectivity index (χ2n) is 6.58. The van der Waals surface area contributed by atoms with Crippen molar-refractivity contribution in [3.8, 4) is 11.5 Å². The summed E-state index contributed by atoms with van der Waals surface area (Å²) in [7, 11) is 3.12. The molecular formula is C21H20BrN3O4. The van der Waals surface area contributed by atoms with E-state index in [0.29, 0.717) is 36.0 Å². The zero-order valence-corrected chi connectivity index (χ0v) is 17.6. The van der Waals surface area contributed by atoms with Crippen LogP contribution in [-0.4, -0.2) is 29.9 Å². The van der Waals surface area contributed by atoms with E-state index in [1.165, 1.54) is 0 Å². The van der Waals surface area contributed by atoms with E-state index in [-0.39, 0.29) is 12.0 Å². The van der Waals surface area contributed by atoms with Crippen LogP contribution in [0.3, 0.4) is 0 Å². The fraction of sp³-hybridized carbons (Fsp3) is 0.238. The minimum atomic E-state index is -0.292. The highest BCUT2D eigenvalue weighted by molar-refractivity contribution is 9.10. The number of fused-ring (bicyclic) bond motifs is 1. The Kier molecular flexibility index (Phi) is 5.55. The molecule has 7 nitrogen and oxygen atoms in total. The predicted octanol–water partition coefficient (Wildman–Crippen LogP) is 4.19. The number of anilines is 1. The van der Waals surface area contributed by atoms with Crippen LogP contribution in [0.15, 0.2) is 53.0 Å². The topological polar surface area (TPSA) is 74.6 Å². The molecule has 4 rings (SSSR count). The minimum Gasteiger partial charge on any atom is -0.493 e. The van der Waals surface area contributed by atoms with Gasteiger partial charge in [0.2, 0.25) is 0 Å². The third-order valence-corrected chi connectivity index (χ3v) is 5.28. The molecule has 29 heavy (non-hydrogen) atoms. The van der Waals surface area contributed by atoms with Crippen molar-refractivity contribution in [1.82, 2.24) is 9.78 Å². The van der Waals surface area contributed by atoms with Crippen molar-refractivity contribution in [3.05, 3.63) is 70.0 Å². The van der Waals surface area contributed by atoms with Gasteiger partial charge in [-0.1, -0.05) is 28.1 Å².